The Balaban J connectivity index is 1.84. The second-order valence-electron chi connectivity index (χ2n) is 4.48. The molecule has 84 valence electrons. The second-order valence-corrected chi connectivity index (χ2v) is 4.48. The van der Waals surface area contributed by atoms with E-state index in [-0.39, 0.29) is 0 Å². The number of hydrogen-bond donors (Lipinski definition) is 1. The van der Waals surface area contributed by atoms with Crippen molar-refractivity contribution < 1.29 is 4.74 Å². The summed E-state index contributed by atoms with van der Waals surface area (Å²) in [5.74, 6) is 0.980. The van der Waals surface area contributed by atoms with E-state index in [0.29, 0.717) is 6.10 Å². The number of nitrogens with two attached hydrogens (primary N) is 1. The molecule has 0 aromatic carbocycles. The summed E-state index contributed by atoms with van der Waals surface area (Å²) in [7, 11) is 2.16. The molecule has 3 heteroatoms. The summed E-state index contributed by atoms with van der Waals surface area (Å²) < 4.78 is 5.93. The van der Waals surface area contributed by atoms with Crippen molar-refractivity contribution >= 4 is 0 Å². The van der Waals surface area contributed by atoms with E-state index in [1.807, 2.05) is 6.08 Å². The van der Waals surface area contributed by atoms with Crippen molar-refractivity contribution in [1.29, 1.82) is 0 Å². The lowest BCUT2D eigenvalue weighted by Gasteiger charge is -2.30. The fraction of sp³-hybridized carbons (Fsp3) is 0.667. The number of piperidine rings is 1. The van der Waals surface area contributed by atoms with Gasteiger partial charge in [-0.3, -0.25) is 0 Å². The predicted octanol–water partition coefficient (Wildman–Crippen LogP) is 1.62. The first-order valence-corrected chi connectivity index (χ1v) is 5.75. The molecule has 3 nitrogen and oxygen atoms in total. The Bertz CT molecular complexity index is 275. The van der Waals surface area contributed by atoms with Crippen molar-refractivity contribution in [1.82, 2.24) is 4.90 Å². The molecule has 0 aromatic heterocycles. The molecule has 1 saturated heterocycles. The van der Waals surface area contributed by atoms with Gasteiger partial charge in [0.2, 0.25) is 0 Å². The fourth-order valence-corrected chi connectivity index (χ4v) is 2.07. The summed E-state index contributed by atoms with van der Waals surface area (Å²) >= 11 is 0. The van der Waals surface area contributed by atoms with Crippen molar-refractivity contribution in [3.8, 4) is 0 Å². The first kappa shape index (κ1) is 10.6. The van der Waals surface area contributed by atoms with Gasteiger partial charge in [0.1, 0.15) is 11.9 Å². The van der Waals surface area contributed by atoms with Gasteiger partial charge in [0.25, 0.3) is 0 Å². The number of nitrogens with zero attached hydrogens (tertiary/aromatic N) is 1. The standard InChI is InChI=1S/C12H20N2O/c1-14-7-5-11(6-8-14)15-12-4-2-3-10(13)9-12/h4,9,11H,2-3,5-8,13H2,1H3. The molecule has 0 unspecified atom stereocenters. The second kappa shape index (κ2) is 4.71. The third kappa shape index (κ3) is 2.99. The topological polar surface area (TPSA) is 38.5 Å². The minimum atomic E-state index is 0.384. The Hall–Kier alpha value is -0.960. The number of ether oxygens (including phenoxy) is 1. The Morgan fingerprint density at radius 1 is 1.40 bits per heavy atom. The van der Waals surface area contributed by atoms with Gasteiger partial charge in [-0.05, 0) is 44.9 Å². The average Bonchev–Trinajstić information content (AvgIpc) is 2.22. The van der Waals surface area contributed by atoms with Crippen LogP contribution in [-0.4, -0.2) is 31.1 Å². The minimum absolute atomic E-state index is 0.384. The SMILES string of the molecule is CN1CCC(OC2=CCCC(N)=C2)CC1. The van der Waals surface area contributed by atoms with Gasteiger partial charge < -0.3 is 15.4 Å². The Morgan fingerprint density at radius 3 is 2.80 bits per heavy atom. The van der Waals surface area contributed by atoms with E-state index in [1.54, 1.807) is 0 Å². The average molecular weight is 208 g/mol. The van der Waals surface area contributed by atoms with Crippen LogP contribution in [0.25, 0.3) is 0 Å². The van der Waals surface area contributed by atoms with E-state index >= 15 is 0 Å². The highest BCUT2D eigenvalue weighted by Gasteiger charge is 2.18. The lowest BCUT2D eigenvalue weighted by atomic mass is 10.1. The molecule has 15 heavy (non-hydrogen) atoms. The van der Waals surface area contributed by atoms with Crippen molar-refractivity contribution in [2.45, 2.75) is 31.8 Å². The van der Waals surface area contributed by atoms with Gasteiger partial charge in [-0.2, -0.15) is 0 Å². The van der Waals surface area contributed by atoms with Crippen LogP contribution < -0.4 is 5.73 Å². The number of allylic oxidation sites excluding steroid dienone is 3. The zero-order valence-electron chi connectivity index (χ0n) is 9.41. The highest BCUT2D eigenvalue weighted by atomic mass is 16.5. The molecule has 0 radical (unpaired) electrons. The highest BCUT2D eigenvalue weighted by molar-refractivity contribution is 5.21. The van der Waals surface area contributed by atoms with Gasteiger partial charge in [-0.15, -0.1) is 0 Å². The minimum Gasteiger partial charge on any atom is -0.491 e. The van der Waals surface area contributed by atoms with E-state index < -0.39 is 0 Å². The monoisotopic (exact) mass is 208 g/mol. The van der Waals surface area contributed by atoms with Crippen LogP contribution in [0.5, 0.6) is 0 Å². The van der Waals surface area contributed by atoms with Gasteiger partial charge in [-0.1, -0.05) is 0 Å². The summed E-state index contributed by atoms with van der Waals surface area (Å²) in [6.07, 6.45) is 8.75. The molecule has 0 saturated carbocycles. The first-order valence-electron chi connectivity index (χ1n) is 5.75. The van der Waals surface area contributed by atoms with Crippen LogP contribution >= 0.6 is 0 Å². The lowest BCUT2D eigenvalue weighted by Crippen LogP contribution is -2.34. The highest BCUT2D eigenvalue weighted by Crippen LogP contribution is 2.20. The molecule has 2 N–H and O–H groups in total. The van der Waals surface area contributed by atoms with Crippen LogP contribution in [0.3, 0.4) is 0 Å². The van der Waals surface area contributed by atoms with Crippen LogP contribution in [0, 0.1) is 0 Å². The van der Waals surface area contributed by atoms with Crippen LogP contribution in [0.4, 0.5) is 0 Å². The maximum atomic E-state index is 5.93. The van der Waals surface area contributed by atoms with Crippen molar-refractivity contribution in [2.24, 2.45) is 5.73 Å². The summed E-state index contributed by atoms with van der Waals surface area (Å²) in [4.78, 5) is 2.35. The zero-order chi connectivity index (χ0) is 10.7. The molecular formula is C12H20N2O. The fourth-order valence-electron chi connectivity index (χ4n) is 2.07. The maximum Gasteiger partial charge on any atom is 0.117 e. The summed E-state index contributed by atoms with van der Waals surface area (Å²) in [5, 5.41) is 0. The maximum absolute atomic E-state index is 5.93. The van der Waals surface area contributed by atoms with E-state index in [0.717, 1.165) is 50.2 Å². The van der Waals surface area contributed by atoms with Crippen LogP contribution in [0.15, 0.2) is 23.6 Å². The third-order valence-electron chi connectivity index (χ3n) is 3.07. The molecule has 0 amide bonds. The molecule has 1 aliphatic heterocycles. The number of hydrogen-bond acceptors (Lipinski definition) is 3. The first-order chi connectivity index (χ1) is 7.24. The van der Waals surface area contributed by atoms with E-state index in [4.69, 9.17) is 10.5 Å². The number of likely N-dealkylation sites (tertiary alicyclic amines) is 1. The molecule has 1 aliphatic carbocycles. The quantitative estimate of drug-likeness (QED) is 0.749. The molecule has 0 aromatic rings. The smallest absolute Gasteiger partial charge is 0.117 e. The predicted molar refractivity (Wildman–Crippen MR) is 61.2 cm³/mol. The van der Waals surface area contributed by atoms with Crippen molar-refractivity contribution in [3.05, 3.63) is 23.6 Å². The normalized spacial score (nSPS) is 24.6. The molecule has 1 fully saturated rings. The molecule has 0 bridgehead atoms. The van der Waals surface area contributed by atoms with E-state index in [2.05, 4.69) is 18.0 Å². The van der Waals surface area contributed by atoms with Gasteiger partial charge in [0.15, 0.2) is 0 Å². The Kier molecular flexibility index (Phi) is 3.31. The summed E-state index contributed by atoms with van der Waals surface area (Å²) in [6.45, 7) is 2.27. The molecule has 0 atom stereocenters. The molecule has 2 aliphatic rings. The molecule has 2 rings (SSSR count). The summed E-state index contributed by atoms with van der Waals surface area (Å²) in [6, 6.07) is 0. The van der Waals surface area contributed by atoms with Crippen LogP contribution in [0.1, 0.15) is 25.7 Å². The van der Waals surface area contributed by atoms with Crippen molar-refractivity contribution in [3.63, 3.8) is 0 Å². The molecule has 1 heterocycles. The Labute approximate surface area is 91.6 Å². The van der Waals surface area contributed by atoms with Gasteiger partial charge in [-0.25, -0.2) is 0 Å². The molecule has 0 spiro atoms. The van der Waals surface area contributed by atoms with Crippen molar-refractivity contribution in [2.75, 3.05) is 20.1 Å². The summed E-state index contributed by atoms with van der Waals surface area (Å²) in [5.41, 5.74) is 6.73. The van der Waals surface area contributed by atoms with Crippen LogP contribution in [0.2, 0.25) is 0 Å². The third-order valence-corrected chi connectivity index (χ3v) is 3.07. The van der Waals surface area contributed by atoms with Gasteiger partial charge in [0.05, 0.1) is 0 Å². The Morgan fingerprint density at radius 2 is 2.13 bits per heavy atom. The molecular weight excluding hydrogens is 188 g/mol. The van der Waals surface area contributed by atoms with Gasteiger partial charge >= 0.3 is 0 Å². The van der Waals surface area contributed by atoms with Gasteiger partial charge in [0, 0.05) is 18.8 Å². The number of rotatable bonds is 2. The lowest BCUT2D eigenvalue weighted by molar-refractivity contribution is 0.0631. The van der Waals surface area contributed by atoms with E-state index in [9.17, 15) is 0 Å². The van der Waals surface area contributed by atoms with Crippen LogP contribution in [-0.2, 0) is 4.74 Å². The van der Waals surface area contributed by atoms with E-state index in [1.165, 1.54) is 0 Å². The largest absolute Gasteiger partial charge is 0.491 e. The zero-order valence-corrected chi connectivity index (χ0v) is 9.41.